The fraction of sp³-hybridized carbons (Fsp3) is 0.333. The summed E-state index contributed by atoms with van der Waals surface area (Å²) in [6.45, 7) is 2.89. The summed E-state index contributed by atoms with van der Waals surface area (Å²) in [5, 5.41) is 14.4. The summed E-state index contributed by atoms with van der Waals surface area (Å²) in [5.41, 5.74) is 0.605. The number of piperazine rings is 1. The highest BCUT2D eigenvalue weighted by molar-refractivity contribution is 5.93. The maximum atomic E-state index is 12.1. The average Bonchev–Trinajstić information content (AvgIpc) is 3.02. The molecule has 7 heteroatoms. The normalized spacial score (nSPS) is 15.6. The molecule has 1 amide bonds. The molecular formula is C12H14N6O. The first-order valence-electron chi connectivity index (χ1n) is 6.15. The van der Waals surface area contributed by atoms with Gasteiger partial charge in [0.05, 0.1) is 11.8 Å². The van der Waals surface area contributed by atoms with E-state index in [2.05, 4.69) is 25.3 Å². The van der Waals surface area contributed by atoms with Gasteiger partial charge in [0.2, 0.25) is 0 Å². The number of carbonyl (C=O) groups is 1. The van der Waals surface area contributed by atoms with Crippen LogP contribution in [0.25, 0.3) is 0 Å². The minimum Gasteiger partial charge on any atom is -0.352 e. The van der Waals surface area contributed by atoms with Gasteiger partial charge in [-0.1, -0.05) is 0 Å². The standard InChI is InChI=1S/C12H14N6O/c19-12(10-8-14-15-9-10)18-6-4-17(5-7-18)11-2-1-3-13-16-11/h1-3,8-9H,4-7H2,(H,14,15). The van der Waals surface area contributed by atoms with Gasteiger partial charge in [-0.25, -0.2) is 0 Å². The summed E-state index contributed by atoms with van der Waals surface area (Å²) < 4.78 is 0. The van der Waals surface area contributed by atoms with Gasteiger partial charge in [-0.05, 0) is 12.1 Å². The lowest BCUT2D eigenvalue weighted by Crippen LogP contribution is -2.49. The predicted molar refractivity (Wildman–Crippen MR) is 68.7 cm³/mol. The van der Waals surface area contributed by atoms with Crippen LogP contribution in [0.2, 0.25) is 0 Å². The van der Waals surface area contributed by atoms with Gasteiger partial charge in [0.1, 0.15) is 0 Å². The molecule has 98 valence electrons. The zero-order valence-electron chi connectivity index (χ0n) is 10.4. The lowest BCUT2D eigenvalue weighted by Gasteiger charge is -2.34. The number of rotatable bonds is 2. The molecule has 1 N–H and O–H groups in total. The molecule has 3 heterocycles. The van der Waals surface area contributed by atoms with Crippen molar-refractivity contribution < 1.29 is 4.79 Å². The van der Waals surface area contributed by atoms with Crippen LogP contribution in [0.5, 0.6) is 0 Å². The Bertz CT molecular complexity index is 533. The molecule has 0 saturated carbocycles. The maximum Gasteiger partial charge on any atom is 0.257 e. The van der Waals surface area contributed by atoms with E-state index in [4.69, 9.17) is 0 Å². The Labute approximate surface area is 110 Å². The zero-order valence-corrected chi connectivity index (χ0v) is 10.4. The van der Waals surface area contributed by atoms with E-state index in [-0.39, 0.29) is 5.91 Å². The summed E-state index contributed by atoms with van der Waals surface area (Å²) in [6, 6.07) is 3.80. The number of aromatic amines is 1. The molecule has 1 aliphatic heterocycles. The molecular weight excluding hydrogens is 244 g/mol. The highest BCUT2D eigenvalue weighted by atomic mass is 16.2. The summed E-state index contributed by atoms with van der Waals surface area (Å²) in [6.07, 6.45) is 4.83. The van der Waals surface area contributed by atoms with Crippen molar-refractivity contribution in [2.24, 2.45) is 0 Å². The summed E-state index contributed by atoms with van der Waals surface area (Å²) in [7, 11) is 0. The topological polar surface area (TPSA) is 78.0 Å². The average molecular weight is 258 g/mol. The van der Waals surface area contributed by atoms with Crippen molar-refractivity contribution in [3.05, 3.63) is 36.3 Å². The Morgan fingerprint density at radius 1 is 1.26 bits per heavy atom. The van der Waals surface area contributed by atoms with Gasteiger partial charge in [-0.15, -0.1) is 5.10 Å². The van der Waals surface area contributed by atoms with Crippen LogP contribution in [0, 0.1) is 0 Å². The first kappa shape index (κ1) is 11.6. The van der Waals surface area contributed by atoms with E-state index >= 15 is 0 Å². The highest BCUT2D eigenvalue weighted by Gasteiger charge is 2.23. The second-order valence-electron chi connectivity index (χ2n) is 4.35. The summed E-state index contributed by atoms with van der Waals surface area (Å²) in [4.78, 5) is 16.1. The zero-order chi connectivity index (χ0) is 13.1. The second-order valence-corrected chi connectivity index (χ2v) is 4.35. The first-order chi connectivity index (χ1) is 9.34. The van der Waals surface area contributed by atoms with E-state index in [1.165, 1.54) is 0 Å². The van der Waals surface area contributed by atoms with E-state index < -0.39 is 0 Å². The molecule has 0 bridgehead atoms. The van der Waals surface area contributed by atoms with Crippen LogP contribution in [-0.2, 0) is 0 Å². The van der Waals surface area contributed by atoms with Crippen LogP contribution in [0.3, 0.4) is 0 Å². The van der Waals surface area contributed by atoms with E-state index in [9.17, 15) is 4.79 Å². The van der Waals surface area contributed by atoms with Crippen molar-refractivity contribution in [3.8, 4) is 0 Å². The van der Waals surface area contributed by atoms with Crippen LogP contribution in [0.4, 0.5) is 5.82 Å². The molecule has 0 spiro atoms. The fourth-order valence-electron chi connectivity index (χ4n) is 2.15. The smallest absolute Gasteiger partial charge is 0.257 e. The lowest BCUT2D eigenvalue weighted by molar-refractivity contribution is 0.0746. The van der Waals surface area contributed by atoms with Gasteiger partial charge >= 0.3 is 0 Å². The van der Waals surface area contributed by atoms with E-state index in [1.807, 2.05) is 17.0 Å². The molecule has 0 atom stereocenters. The third-order valence-electron chi connectivity index (χ3n) is 3.19. The Morgan fingerprint density at radius 3 is 2.74 bits per heavy atom. The number of hydrogen-bond donors (Lipinski definition) is 1. The SMILES string of the molecule is O=C(c1cn[nH]c1)N1CCN(c2cccnn2)CC1. The quantitative estimate of drug-likeness (QED) is 0.830. The molecule has 2 aromatic heterocycles. The predicted octanol–water partition coefficient (Wildman–Crippen LogP) is 0.162. The van der Waals surface area contributed by atoms with Crippen LogP contribution in [-0.4, -0.2) is 57.4 Å². The Kier molecular flexibility index (Phi) is 3.09. The van der Waals surface area contributed by atoms with Crippen molar-refractivity contribution >= 4 is 11.7 Å². The molecule has 0 radical (unpaired) electrons. The number of nitrogens with zero attached hydrogens (tertiary/aromatic N) is 5. The van der Waals surface area contributed by atoms with Gasteiger partial charge in [-0.2, -0.15) is 10.2 Å². The highest BCUT2D eigenvalue weighted by Crippen LogP contribution is 2.13. The van der Waals surface area contributed by atoms with Crippen LogP contribution >= 0.6 is 0 Å². The molecule has 1 fully saturated rings. The number of carbonyl (C=O) groups excluding carboxylic acids is 1. The molecule has 19 heavy (non-hydrogen) atoms. The van der Waals surface area contributed by atoms with E-state index in [0.717, 1.165) is 18.9 Å². The van der Waals surface area contributed by atoms with Crippen LogP contribution in [0.1, 0.15) is 10.4 Å². The largest absolute Gasteiger partial charge is 0.352 e. The van der Waals surface area contributed by atoms with Crippen molar-refractivity contribution in [3.63, 3.8) is 0 Å². The van der Waals surface area contributed by atoms with Gasteiger partial charge in [0.15, 0.2) is 5.82 Å². The van der Waals surface area contributed by atoms with Crippen LogP contribution in [0.15, 0.2) is 30.7 Å². The Morgan fingerprint density at radius 2 is 2.11 bits per heavy atom. The molecule has 0 aliphatic carbocycles. The van der Waals surface area contributed by atoms with Crippen LogP contribution < -0.4 is 4.90 Å². The maximum absolute atomic E-state index is 12.1. The molecule has 0 unspecified atom stereocenters. The van der Waals surface area contributed by atoms with Gasteiger partial charge in [0, 0.05) is 38.6 Å². The number of anilines is 1. The molecule has 0 aromatic carbocycles. The molecule has 2 aromatic rings. The summed E-state index contributed by atoms with van der Waals surface area (Å²) >= 11 is 0. The van der Waals surface area contributed by atoms with Crippen molar-refractivity contribution in [1.29, 1.82) is 0 Å². The summed E-state index contributed by atoms with van der Waals surface area (Å²) in [5.74, 6) is 0.880. The minimum atomic E-state index is 0.0209. The molecule has 3 rings (SSSR count). The number of aromatic nitrogens is 4. The molecule has 1 saturated heterocycles. The Balaban J connectivity index is 1.62. The van der Waals surface area contributed by atoms with Crippen molar-refractivity contribution in [2.45, 2.75) is 0 Å². The third kappa shape index (κ3) is 2.40. The van der Waals surface area contributed by atoms with Crippen molar-refractivity contribution in [1.82, 2.24) is 25.3 Å². The lowest BCUT2D eigenvalue weighted by atomic mass is 10.2. The number of hydrogen-bond acceptors (Lipinski definition) is 5. The third-order valence-corrected chi connectivity index (χ3v) is 3.19. The minimum absolute atomic E-state index is 0.0209. The van der Waals surface area contributed by atoms with E-state index in [1.54, 1.807) is 18.6 Å². The molecule has 1 aliphatic rings. The van der Waals surface area contributed by atoms with Crippen molar-refractivity contribution in [2.75, 3.05) is 31.1 Å². The fourth-order valence-corrected chi connectivity index (χ4v) is 2.15. The van der Waals surface area contributed by atoms with E-state index in [0.29, 0.717) is 18.7 Å². The van der Waals surface area contributed by atoms with Gasteiger partial charge in [0.25, 0.3) is 5.91 Å². The Hall–Kier alpha value is -2.44. The first-order valence-corrected chi connectivity index (χ1v) is 6.15. The van der Waals surface area contributed by atoms with Gasteiger partial charge < -0.3 is 9.80 Å². The number of nitrogens with one attached hydrogen (secondary N) is 1. The molecule has 7 nitrogen and oxygen atoms in total. The number of H-pyrrole nitrogens is 1. The monoisotopic (exact) mass is 258 g/mol. The second kappa shape index (κ2) is 5.05. The number of amides is 1. The van der Waals surface area contributed by atoms with Gasteiger partial charge in [-0.3, -0.25) is 9.89 Å².